The average molecular weight is 276 g/mol. The zero-order valence-electron chi connectivity index (χ0n) is 11.5. The van der Waals surface area contributed by atoms with E-state index < -0.39 is 18.0 Å². The van der Waals surface area contributed by atoms with Crippen LogP contribution in [0.15, 0.2) is 42.5 Å². The molecule has 0 saturated heterocycles. The molecular weight excluding hydrogens is 256 g/mol. The van der Waals surface area contributed by atoms with E-state index in [1.165, 1.54) is 0 Å². The molecule has 1 aromatic carbocycles. The topological polar surface area (TPSA) is 78.4 Å². The van der Waals surface area contributed by atoms with Crippen LogP contribution in [0, 0.1) is 0 Å². The number of aliphatic carboxylic acids is 1. The average Bonchev–Trinajstić information content (AvgIpc) is 2.44. The minimum Gasteiger partial charge on any atom is -0.480 e. The number of benzene rings is 1. The molecule has 0 saturated carbocycles. The summed E-state index contributed by atoms with van der Waals surface area (Å²) in [6, 6.07) is 7.82. The van der Waals surface area contributed by atoms with Crippen LogP contribution in [-0.2, 0) is 11.2 Å². The van der Waals surface area contributed by atoms with Crippen LogP contribution in [0.2, 0.25) is 0 Å². The fourth-order valence-electron chi connectivity index (χ4n) is 1.69. The number of allylic oxidation sites excluding steroid dienone is 1. The van der Waals surface area contributed by atoms with Gasteiger partial charge >= 0.3 is 12.0 Å². The summed E-state index contributed by atoms with van der Waals surface area (Å²) >= 11 is 0. The van der Waals surface area contributed by atoms with Gasteiger partial charge in [-0.15, -0.1) is 0 Å². The summed E-state index contributed by atoms with van der Waals surface area (Å²) < 4.78 is 0. The lowest BCUT2D eigenvalue weighted by atomic mass is 10.1. The van der Waals surface area contributed by atoms with Crippen molar-refractivity contribution in [1.82, 2.24) is 10.6 Å². The molecule has 0 fully saturated rings. The fourth-order valence-corrected chi connectivity index (χ4v) is 1.69. The molecule has 0 aliphatic heterocycles. The molecule has 0 heterocycles. The Kier molecular flexibility index (Phi) is 6.89. The van der Waals surface area contributed by atoms with Crippen LogP contribution in [0.25, 0.3) is 0 Å². The first-order valence-electron chi connectivity index (χ1n) is 6.55. The van der Waals surface area contributed by atoms with Crippen LogP contribution in [-0.4, -0.2) is 29.7 Å². The Morgan fingerprint density at radius 3 is 2.60 bits per heavy atom. The van der Waals surface area contributed by atoms with E-state index in [-0.39, 0.29) is 6.42 Å². The summed E-state index contributed by atoms with van der Waals surface area (Å²) in [4.78, 5) is 22.8. The zero-order valence-corrected chi connectivity index (χ0v) is 11.5. The maximum Gasteiger partial charge on any atom is 0.326 e. The first kappa shape index (κ1) is 15.8. The summed E-state index contributed by atoms with van der Waals surface area (Å²) in [5.41, 5.74) is 0.870. The number of amides is 2. The lowest BCUT2D eigenvalue weighted by Gasteiger charge is -2.15. The summed E-state index contributed by atoms with van der Waals surface area (Å²) in [6.45, 7) is 2.38. The highest BCUT2D eigenvalue weighted by Crippen LogP contribution is 2.03. The number of hydrogen-bond acceptors (Lipinski definition) is 2. The van der Waals surface area contributed by atoms with Crippen molar-refractivity contribution in [3.05, 3.63) is 48.0 Å². The van der Waals surface area contributed by atoms with Gasteiger partial charge in [-0.25, -0.2) is 9.59 Å². The van der Waals surface area contributed by atoms with E-state index in [9.17, 15) is 9.59 Å². The molecule has 1 atom stereocenters. The van der Waals surface area contributed by atoms with E-state index in [1.54, 1.807) is 0 Å². The lowest BCUT2D eigenvalue weighted by molar-refractivity contribution is -0.139. The Balaban J connectivity index is 2.46. The molecule has 0 bridgehead atoms. The molecule has 3 N–H and O–H groups in total. The SMILES string of the molecule is C/C=C/CCNC(=O)NC(Cc1ccccc1)C(=O)O. The van der Waals surface area contributed by atoms with E-state index in [4.69, 9.17) is 5.11 Å². The Hall–Kier alpha value is -2.30. The van der Waals surface area contributed by atoms with E-state index in [1.807, 2.05) is 49.4 Å². The van der Waals surface area contributed by atoms with E-state index in [0.29, 0.717) is 6.54 Å². The third-order valence-electron chi connectivity index (χ3n) is 2.72. The van der Waals surface area contributed by atoms with Crippen molar-refractivity contribution in [3.8, 4) is 0 Å². The number of nitrogens with one attached hydrogen (secondary N) is 2. The van der Waals surface area contributed by atoms with Gasteiger partial charge in [0.15, 0.2) is 0 Å². The summed E-state index contributed by atoms with van der Waals surface area (Å²) in [5.74, 6) is -1.04. The van der Waals surface area contributed by atoms with E-state index in [0.717, 1.165) is 12.0 Å². The number of carboxylic acids is 1. The normalized spacial score (nSPS) is 12.1. The maximum absolute atomic E-state index is 11.6. The standard InChI is InChI=1S/C15H20N2O3/c1-2-3-7-10-16-15(20)17-13(14(18)19)11-12-8-5-4-6-9-12/h2-6,8-9,13H,7,10-11H2,1H3,(H,18,19)(H2,16,17,20)/b3-2+. The van der Waals surface area contributed by atoms with Crippen LogP contribution < -0.4 is 10.6 Å². The molecular formula is C15H20N2O3. The molecule has 5 nitrogen and oxygen atoms in total. The Morgan fingerprint density at radius 1 is 1.30 bits per heavy atom. The minimum absolute atomic E-state index is 0.262. The van der Waals surface area contributed by atoms with Crippen LogP contribution in [0.5, 0.6) is 0 Å². The number of carbonyl (C=O) groups excluding carboxylic acids is 1. The van der Waals surface area contributed by atoms with Crippen molar-refractivity contribution in [2.24, 2.45) is 0 Å². The highest BCUT2D eigenvalue weighted by Gasteiger charge is 2.19. The van der Waals surface area contributed by atoms with Gasteiger partial charge in [-0.05, 0) is 18.9 Å². The summed E-state index contributed by atoms with van der Waals surface area (Å²) in [6.07, 6.45) is 4.81. The molecule has 0 aliphatic rings. The maximum atomic E-state index is 11.6. The van der Waals surface area contributed by atoms with Crippen molar-refractivity contribution in [2.45, 2.75) is 25.8 Å². The van der Waals surface area contributed by atoms with Crippen molar-refractivity contribution in [3.63, 3.8) is 0 Å². The van der Waals surface area contributed by atoms with Gasteiger partial charge in [-0.3, -0.25) is 0 Å². The van der Waals surface area contributed by atoms with Gasteiger partial charge in [0, 0.05) is 13.0 Å². The number of hydrogen-bond donors (Lipinski definition) is 3. The third-order valence-corrected chi connectivity index (χ3v) is 2.72. The first-order chi connectivity index (χ1) is 9.63. The number of carbonyl (C=O) groups is 2. The van der Waals surface area contributed by atoms with Crippen molar-refractivity contribution < 1.29 is 14.7 Å². The van der Waals surface area contributed by atoms with Gasteiger partial charge in [0.25, 0.3) is 0 Å². The highest BCUT2D eigenvalue weighted by atomic mass is 16.4. The second kappa shape index (κ2) is 8.74. The summed E-state index contributed by atoms with van der Waals surface area (Å²) in [7, 11) is 0. The third kappa shape index (κ3) is 6.04. The predicted octanol–water partition coefficient (Wildman–Crippen LogP) is 1.95. The molecule has 0 aliphatic carbocycles. The Labute approximate surface area is 118 Å². The molecule has 5 heteroatoms. The quantitative estimate of drug-likeness (QED) is 0.526. The van der Waals surface area contributed by atoms with Crippen molar-refractivity contribution in [2.75, 3.05) is 6.54 Å². The highest BCUT2D eigenvalue weighted by molar-refractivity contribution is 5.82. The van der Waals surface area contributed by atoms with Gasteiger partial charge in [-0.2, -0.15) is 0 Å². The fraction of sp³-hybridized carbons (Fsp3) is 0.333. The second-order valence-electron chi connectivity index (χ2n) is 4.34. The molecule has 1 aromatic rings. The van der Waals surface area contributed by atoms with E-state index >= 15 is 0 Å². The smallest absolute Gasteiger partial charge is 0.326 e. The van der Waals surface area contributed by atoms with Gasteiger partial charge in [0.2, 0.25) is 0 Å². The zero-order chi connectivity index (χ0) is 14.8. The molecule has 1 rings (SSSR count). The van der Waals surface area contributed by atoms with Crippen LogP contribution in [0.3, 0.4) is 0 Å². The van der Waals surface area contributed by atoms with Crippen LogP contribution in [0.1, 0.15) is 18.9 Å². The largest absolute Gasteiger partial charge is 0.480 e. The predicted molar refractivity (Wildman–Crippen MR) is 77.5 cm³/mol. The number of rotatable bonds is 7. The van der Waals surface area contributed by atoms with Crippen LogP contribution in [0.4, 0.5) is 4.79 Å². The monoisotopic (exact) mass is 276 g/mol. The van der Waals surface area contributed by atoms with E-state index in [2.05, 4.69) is 10.6 Å². The molecule has 0 radical (unpaired) electrons. The molecule has 2 amide bonds. The van der Waals surface area contributed by atoms with Crippen LogP contribution >= 0.6 is 0 Å². The number of carboxylic acid groups (broad SMARTS) is 1. The number of urea groups is 1. The summed E-state index contributed by atoms with van der Waals surface area (Å²) in [5, 5.41) is 14.2. The van der Waals surface area contributed by atoms with Crippen molar-refractivity contribution in [1.29, 1.82) is 0 Å². The first-order valence-corrected chi connectivity index (χ1v) is 6.55. The van der Waals surface area contributed by atoms with Gasteiger partial charge in [0.1, 0.15) is 6.04 Å². The Morgan fingerprint density at radius 2 is 2.00 bits per heavy atom. The Bertz CT molecular complexity index is 457. The molecule has 0 aromatic heterocycles. The van der Waals surface area contributed by atoms with Gasteiger partial charge in [0.05, 0.1) is 0 Å². The molecule has 0 spiro atoms. The second-order valence-corrected chi connectivity index (χ2v) is 4.34. The molecule has 108 valence electrons. The van der Waals surface area contributed by atoms with Gasteiger partial charge in [-0.1, -0.05) is 42.5 Å². The van der Waals surface area contributed by atoms with Crippen molar-refractivity contribution >= 4 is 12.0 Å². The van der Waals surface area contributed by atoms with Gasteiger partial charge < -0.3 is 15.7 Å². The minimum atomic E-state index is -1.04. The molecule has 1 unspecified atom stereocenters. The lowest BCUT2D eigenvalue weighted by Crippen LogP contribution is -2.47. The molecule has 20 heavy (non-hydrogen) atoms.